The number of methoxy groups -OCH3 is 1. The third-order valence-electron chi connectivity index (χ3n) is 3.52. The minimum atomic E-state index is -0.123. The summed E-state index contributed by atoms with van der Waals surface area (Å²) < 4.78 is 5.10. The molecule has 1 unspecified atom stereocenters. The van der Waals surface area contributed by atoms with Gasteiger partial charge in [0.1, 0.15) is 0 Å². The molecule has 0 aromatic rings. The zero-order valence-corrected chi connectivity index (χ0v) is 11.5. The average Bonchev–Trinajstić information content (AvgIpc) is 3.13. The van der Waals surface area contributed by atoms with Crippen LogP contribution in [0.1, 0.15) is 33.1 Å². The van der Waals surface area contributed by atoms with Gasteiger partial charge in [0.05, 0.1) is 13.2 Å². The lowest BCUT2D eigenvalue weighted by Crippen LogP contribution is -2.49. The molecule has 4 nitrogen and oxygen atoms in total. The largest absolute Gasteiger partial charge is 0.394 e. The van der Waals surface area contributed by atoms with E-state index in [9.17, 15) is 5.11 Å². The van der Waals surface area contributed by atoms with Crippen LogP contribution in [-0.4, -0.2) is 61.5 Å². The van der Waals surface area contributed by atoms with Crippen molar-refractivity contribution < 1.29 is 9.84 Å². The molecule has 0 saturated heterocycles. The summed E-state index contributed by atoms with van der Waals surface area (Å²) in [5.41, 5.74) is -0.123. The van der Waals surface area contributed by atoms with E-state index in [4.69, 9.17) is 4.74 Å². The van der Waals surface area contributed by atoms with Gasteiger partial charge in [0.2, 0.25) is 0 Å². The van der Waals surface area contributed by atoms with Gasteiger partial charge in [0.15, 0.2) is 0 Å². The van der Waals surface area contributed by atoms with Gasteiger partial charge in [-0.2, -0.15) is 0 Å². The fraction of sp³-hybridized carbons (Fsp3) is 1.00. The predicted octanol–water partition coefficient (Wildman–Crippen LogP) is 0.848. The van der Waals surface area contributed by atoms with E-state index in [0.717, 1.165) is 32.7 Å². The fourth-order valence-electron chi connectivity index (χ4n) is 1.97. The van der Waals surface area contributed by atoms with Crippen LogP contribution in [-0.2, 0) is 4.74 Å². The molecule has 0 bridgehead atoms. The highest BCUT2D eigenvalue weighted by Gasteiger charge is 2.31. The molecule has 2 N–H and O–H groups in total. The average molecular weight is 244 g/mol. The van der Waals surface area contributed by atoms with Crippen LogP contribution in [0.2, 0.25) is 0 Å². The van der Waals surface area contributed by atoms with Crippen LogP contribution < -0.4 is 5.32 Å². The highest BCUT2D eigenvalue weighted by atomic mass is 16.5. The van der Waals surface area contributed by atoms with Crippen LogP contribution in [0, 0.1) is 0 Å². The molecule has 1 aliphatic rings. The summed E-state index contributed by atoms with van der Waals surface area (Å²) in [5, 5.41) is 13.1. The maximum Gasteiger partial charge on any atom is 0.0611 e. The summed E-state index contributed by atoms with van der Waals surface area (Å²) in [6, 6.07) is 0.640. The van der Waals surface area contributed by atoms with Crippen molar-refractivity contribution in [1.82, 2.24) is 10.2 Å². The Morgan fingerprint density at radius 2 is 2.12 bits per heavy atom. The Morgan fingerprint density at radius 3 is 2.59 bits per heavy atom. The maximum atomic E-state index is 9.52. The summed E-state index contributed by atoms with van der Waals surface area (Å²) in [4.78, 5) is 2.37. The Kier molecular flexibility index (Phi) is 6.41. The summed E-state index contributed by atoms with van der Waals surface area (Å²) in [7, 11) is 1.74. The predicted molar refractivity (Wildman–Crippen MR) is 70.3 cm³/mol. The lowest BCUT2D eigenvalue weighted by Gasteiger charge is -2.32. The van der Waals surface area contributed by atoms with Crippen LogP contribution in [0.15, 0.2) is 0 Å². The quantitative estimate of drug-likeness (QED) is 0.598. The van der Waals surface area contributed by atoms with Gasteiger partial charge < -0.3 is 20.1 Å². The Bertz CT molecular complexity index is 210. The SMILES string of the molecule is CCN(CCOC)CCC(C)(CO)NC1CC1. The molecule has 0 aromatic carbocycles. The van der Waals surface area contributed by atoms with E-state index in [-0.39, 0.29) is 12.1 Å². The second-order valence-corrected chi connectivity index (χ2v) is 5.31. The molecule has 0 aliphatic heterocycles. The second kappa shape index (κ2) is 7.31. The Hall–Kier alpha value is -0.160. The summed E-state index contributed by atoms with van der Waals surface area (Å²) in [5.74, 6) is 0. The number of nitrogens with zero attached hydrogens (tertiary/aromatic N) is 1. The number of hydrogen-bond donors (Lipinski definition) is 2. The molecule has 0 heterocycles. The Labute approximate surface area is 105 Å². The first kappa shape index (κ1) is 14.9. The van der Waals surface area contributed by atoms with Crippen molar-refractivity contribution in [2.24, 2.45) is 0 Å². The molecule has 1 fully saturated rings. The molecule has 0 amide bonds. The fourth-order valence-corrected chi connectivity index (χ4v) is 1.97. The van der Waals surface area contributed by atoms with Crippen molar-refractivity contribution >= 4 is 0 Å². The van der Waals surface area contributed by atoms with Crippen molar-refractivity contribution in [3.8, 4) is 0 Å². The normalized spacial score (nSPS) is 19.6. The van der Waals surface area contributed by atoms with E-state index in [1.54, 1.807) is 7.11 Å². The maximum absolute atomic E-state index is 9.52. The van der Waals surface area contributed by atoms with Gasteiger partial charge in [-0.3, -0.25) is 0 Å². The van der Waals surface area contributed by atoms with Gasteiger partial charge in [-0.15, -0.1) is 0 Å². The standard InChI is InChI=1S/C13H28N2O2/c1-4-15(9-10-17-3)8-7-13(2,11-16)14-12-5-6-12/h12,14,16H,4-11H2,1-3H3. The molecular weight excluding hydrogens is 216 g/mol. The third-order valence-corrected chi connectivity index (χ3v) is 3.52. The smallest absolute Gasteiger partial charge is 0.0611 e. The van der Waals surface area contributed by atoms with Crippen molar-refractivity contribution in [2.75, 3.05) is 40.0 Å². The molecule has 1 aliphatic carbocycles. The molecule has 1 rings (SSSR count). The first-order valence-corrected chi connectivity index (χ1v) is 6.73. The van der Waals surface area contributed by atoms with Crippen LogP contribution in [0.25, 0.3) is 0 Å². The van der Waals surface area contributed by atoms with Gasteiger partial charge in [0.25, 0.3) is 0 Å². The monoisotopic (exact) mass is 244 g/mol. The molecule has 1 atom stereocenters. The second-order valence-electron chi connectivity index (χ2n) is 5.31. The third kappa shape index (κ3) is 5.82. The molecule has 0 radical (unpaired) electrons. The van der Waals surface area contributed by atoms with E-state index in [1.165, 1.54) is 12.8 Å². The minimum absolute atomic E-state index is 0.123. The number of rotatable bonds is 10. The van der Waals surface area contributed by atoms with Crippen molar-refractivity contribution in [3.63, 3.8) is 0 Å². The Morgan fingerprint density at radius 1 is 1.41 bits per heavy atom. The molecule has 0 spiro atoms. The van der Waals surface area contributed by atoms with Crippen LogP contribution in [0.4, 0.5) is 0 Å². The molecular formula is C13H28N2O2. The summed E-state index contributed by atoms with van der Waals surface area (Å²) >= 11 is 0. The van der Waals surface area contributed by atoms with Crippen LogP contribution in [0.5, 0.6) is 0 Å². The molecule has 102 valence electrons. The lowest BCUT2D eigenvalue weighted by molar-refractivity contribution is 0.122. The number of nitrogens with one attached hydrogen (secondary N) is 1. The number of hydrogen-bond acceptors (Lipinski definition) is 4. The van der Waals surface area contributed by atoms with E-state index in [1.807, 2.05) is 0 Å². The van der Waals surface area contributed by atoms with Crippen molar-refractivity contribution in [1.29, 1.82) is 0 Å². The van der Waals surface area contributed by atoms with Gasteiger partial charge in [-0.25, -0.2) is 0 Å². The van der Waals surface area contributed by atoms with Crippen molar-refractivity contribution in [2.45, 2.75) is 44.7 Å². The zero-order chi connectivity index (χ0) is 12.7. The van der Waals surface area contributed by atoms with E-state index in [2.05, 4.69) is 24.1 Å². The number of ether oxygens (including phenoxy) is 1. The van der Waals surface area contributed by atoms with E-state index < -0.39 is 0 Å². The van der Waals surface area contributed by atoms with Crippen LogP contribution >= 0.6 is 0 Å². The van der Waals surface area contributed by atoms with E-state index in [0.29, 0.717) is 6.04 Å². The number of aliphatic hydroxyl groups excluding tert-OH is 1. The Balaban J connectivity index is 2.28. The molecule has 0 aromatic heterocycles. The van der Waals surface area contributed by atoms with Crippen molar-refractivity contribution in [3.05, 3.63) is 0 Å². The first-order chi connectivity index (χ1) is 8.13. The number of likely N-dealkylation sites (N-methyl/N-ethyl adjacent to an activating group) is 1. The van der Waals surface area contributed by atoms with E-state index >= 15 is 0 Å². The minimum Gasteiger partial charge on any atom is -0.394 e. The first-order valence-electron chi connectivity index (χ1n) is 6.73. The van der Waals surface area contributed by atoms with Crippen LogP contribution in [0.3, 0.4) is 0 Å². The topological polar surface area (TPSA) is 44.7 Å². The molecule has 17 heavy (non-hydrogen) atoms. The van der Waals surface area contributed by atoms with Gasteiger partial charge in [-0.05, 0) is 32.7 Å². The highest BCUT2D eigenvalue weighted by molar-refractivity contribution is 4.92. The molecule has 1 saturated carbocycles. The van der Waals surface area contributed by atoms with Gasteiger partial charge in [0, 0.05) is 31.8 Å². The lowest BCUT2D eigenvalue weighted by atomic mass is 9.98. The van der Waals surface area contributed by atoms with Gasteiger partial charge in [-0.1, -0.05) is 6.92 Å². The number of aliphatic hydroxyl groups is 1. The van der Waals surface area contributed by atoms with Gasteiger partial charge >= 0.3 is 0 Å². The summed E-state index contributed by atoms with van der Waals surface area (Å²) in [6.07, 6.45) is 3.51. The summed E-state index contributed by atoms with van der Waals surface area (Å²) in [6.45, 7) is 8.30. The molecule has 4 heteroatoms. The zero-order valence-electron chi connectivity index (χ0n) is 11.5. The highest BCUT2D eigenvalue weighted by Crippen LogP contribution is 2.23.